The lowest BCUT2D eigenvalue weighted by Gasteiger charge is -2.09. The van der Waals surface area contributed by atoms with Gasteiger partial charge in [-0.3, -0.25) is 0 Å². The molecule has 0 saturated heterocycles. The number of hydrogen-bond acceptors (Lipinski definition) is 4. The van der Waals surface area contributed by atoms with Gasteiger partial charge in [0.05, 0.1) is 36.7 Å². The van der Waals surface area contributed by atoms with Crippen LogP contribution in [0.25, 0.3) is 11.0 Å². The summed E-state index contributed by atoms with van der Waals surface area (Å²) in [5, 5.41) is 8.88. The topological polar surface area (TPSA) is 67.9 Å². The summed E-state index contributed by atoms with van der Waals surface area (Å²) in [6, 6.07) is 9.64. The zero-order valence-corrected chi connectivity index (χ0v) is 11.3. The van der Waals surface area contributed by atoms with Crippen LogP contribution in [0, 0.1) is 11.3 Å². The van der Waals surface area contributed by atoms with E-state index in [1.165, 1.54) is 0 Å². The zero-order chi connectivity index (χ0) is 14.5. The van der Waals surface area contributed by atoms with Crippen molar-refractivity contribution >= 4 is 17.0 Å². The molecule has 0 bridgehead atoms. The molecule has 0 unspecified atom stereocenters. The maximum atomic E-state index is 11.7. The predicted octanol–water partition coefficient (Wildman–Crippen LogP) is 2.22. The Labute approximate surface area is 117 Å². The number of para-hydroxylation sites is 2. The number of aromatic nitrogens is 2. The largest absolute Gasteiger partial charge is 0.463 e. The molecule has 20 heavy (non-hydrogen) atoms. The number of rotatable bonds is 5. The number of hydrogen-bond donors (Lipinski definition) is 0. The molecule has 2 aromatic rings. The van der Waals surface area contributed by atoms with Gasteiger partial charge in [-0.1, -0.05) is 18.7 Å². The molecule has 0 N–H and O–H groups in total. The van der Waals surface area contributed by atoms with Crippen LogP contribution in [0.3, 0.4) is 0 Å². The summed E-state index contributed by atoms with van der Waals surface area (Å²) >= 11 is 0. The lowest BCUT2D eigenvalue weighted by Crippen LogP contribution is -2.14. The summed E-state index contributed by atoms with van der Waals surface area (Å²) in [6.07, 6.45) is 0.185. The summed E-state index contributed by atoms with van der Waals surface area (Å²) < 4.78 is 6.76. The van der Waals surface area contributed by atoms with Gasteiger partial charge in [-0.05, 0) is 19.1 Å². The molecule has 0 atom stereocenters. The molecule has 1 heterocycles. The molecule has 0 aliphatic heterocycles. The fourth-order valence-electron chi connectivity index (χ4n) is 2.00. The van der Waals surface area contributed by atoms with E-state index in [0.29, 0.717) is 18.0 Å². The van der Waals surface area contributed by atoms with E-state index in [0.717, 1.165) is 11.0 Å². The van der Waals surface area contributed by atoms with Crippen LogP contribution in [0.1, 0.15) is 12.7 Å². The monoisotopic (exact) mass is 269 g/mol. The van der Waals surface area contributed by atoms with E-state index in [1.54, 1.807) is 6.92 Å². The normalized spacial score (nSPS) is 10.2. The molecule has 0 radical (unpaired) electrons. The van der Waals surface area contributed by atoms with E-state index in [4.69, 9.17) is 10.00 Å². The van der Waals surface area contributed by atoms with Crippen LogP contribution in [0.5, 0.6) is 0 Å². The van der Waals surface area contributed by atoms with Gasteiger partial charge in [0.25, 0.3) is 0 Å². The van der Waals surface area contributed by atoms with Gasteiger partial charge in [0.2, 0.25) is 0 Å². The molecule has 1 aromatic carbocycles. The van der Waals surface area contributed by atoms with E-state index in [-0.39, 0.29) is 13.0 Å². The lowest BCUT2D eigenvalue weighted by atomic mass is 10.2. The van der Waals surface area contributed by atoms with E-state index in [2.05, 4.69) is 17.6 Å². The maximum absolute atomic E-state index is 11.7. The highest BCUT2D eigenvalue weighted by molar-refractivity contribution is 5.88. The third kappa shape index (κ3) is 2.69. The molecule has 0 aliphatic carbocycles. The van der Waals surface area contributed by atoms with E-state index < -0.39 is 5.97 Å². The van der Waals surface area contributed by atoms with Crippen molar-refractivity contribution in [2.45, 2.75) is 19.9 Å². The summed E-state index contributed by atoms with van der Waals surface area (Å²) in [7, 11) is 0. The van der Waals surface area contributed by atoms with E-state index >= 15 is 0 Å². The number of carbonyl (C=O) groups is 1. The van der Waals surface area contributed by atoms with Crippen molar-refractivity contribution in [1.82, 2.24) is 9.55 Å². The number of carbonyl (C=O) groups excluding carboxylic acids is 1. The quantitative estimate of drug-likeness (QED) is 0.616. The van der Waals surface area contributed by atoms with Crippen LogP contribution in [-0.2, 0) is 22.5 Å². The molecule has 0 amide bonds. The Morgan fingerprint density at radius 3 is 2.95 bits per heavy atom. The molecule has 0 saturated carbocycles. The molecule has 5 heteroatoms. The fraction of sp³-hybridized carbons (Fsp3) is 0.267. The lowest BCUT2D eigenvalue weighted by molar-refractivity contribution is -0.138. The molecule has 102 valence electrons. The summed E-state index contributed by atoms with van der Waals surface area (Å²) in [4.78, 5) is 16.1. The van der Waals surface area contributed by atoms with Crippen LogP contribution in [-0.4, -0.2) is 22.1 Å². The van der Waals surface area contributed by atoms with Gasteiger partial charge in [-0.25, -0.2) is 9.78 Å². The van der Waals surface area contributed by atoms with Gasteiger partial charge in [-0.2, -0.15) is 5.26 Å². The standard InChI is InChI=1S/C15H15N3O2/c1-3-20-15(19)11(2)10-18-13-7-5-4-6-12(13)17-14(18)8-9-16/h4-7H,2-3,8,10H2,1H3. The average molecular weight is 269 g/mol. The number of fused-ring (bicyclic) bond motifs is 1. The Hall–Kier alpha value is -2.61. The Balaban J connectivity index is 2.37. The van der Waals surface area contributed by atoms with E-state index in [1.807, 2.05) is 28.8 Å². The fourth-order valence-corrected chi connectivity index (χ4v) is 2.00. The minimum atomic E-state index is -0.423. The van der Waals surface area contributed by atoms with Crippen LogP contribution >= 0.6 is 0 Å². The summed E-state index contributed by atoms with van der Waals surface area (Å²) in [5.74, 6) is 0.201. The molecular formula is C15H15N3O2. The van der Waals surface area contributed by atoms with Gasteiger partial charge in [0, 0.05) is 5.57 Å². The Morgan fingerprint density at radius 1 is 1.50 bits per heavy atom. The van der Waals surface area contributed by atoms with Crippen LogP contribution < -0.4 is 0 Å². The third-order valence-electron chi connectivity index (χ3n) is 2.88. The number of benzene rings is 1. The first-order valence-corrected chi connectivity index (χ1v) is 6.33. The van der Waals surface area contributed by atoms with Gasteiger partial charge in [0.1, 0.15) is 5.82 Å². The second kappa shape index (κ2) is 6.02. The number of nitriles is 1. The SMILES string of the molecule is C=C(Cn1c(CC#N)nc2ccccc21)C(=O)OCC. The Bertz CT molecular complexity index is 695. The van der Waals surface area contributed by atoms with Gasteiger partial charge < -0.3 is 9.30 Å². The van der Waals surface area contributed by atoms with Crippen molar-refractivity contribution in [1.29, 1.82) is 5.26 Å². The minimum absolute atomic E-state index is 0.185. The molecule has 0 aliphatic rings. The van der Waals surface area contributed by atoms with Crippen molar-refractivity contribution in [2.75, 3.05) is 6.61 Å². The minimum Gasteiger partial charge on any atom is -0.463 e. The summed E-state index contributed by atoms with van der Waals surface area (Å²) in [6.45, 7) is 6.09. The molecular weight excluding hydrogens is 254 g/mol. The Kier molecular flexibility index (Phi) is 4.16. The van der Waals surface area contributed by atoms with Crippen LogP contribution in [0.4, 0.5) is 0 Å². The van der Waals surface area contributed by atoms with Gasteiger partial charge >= 0.3 is 5.97 Å². The average Bonchev–Trinajstić information content (AvgIpc) is 2.78. The second-order valence-electron chi connectivity index (χ2n) is 4.26. The maximum Gasteiger partial charge on any atom is 0.335 e. The van der Waals surface area contributed by atoms with Crippen molar-refractivity contribution in [3.05, 3.63) is 42.2 Å². The third-order valence-corrected chi connectivity index (χ3v) is 2.88. The van der Waals surface area contributed by atoms with Crippen LogP contribution in [0.15, 0.2) is 36.4 Å². The number of ether oxygens (including phenoxy) is 1. The first kappa shape index (κ1) is 13.8. The highest BCUT2D eigenvalue weighted by atomic mass is 16.5. The highest BCUT2D eigenvalue weighted by Gasteiger charge is 2.14. The first-order valence-electron chi connectivity index (χ1n) is 6.33. The molecule has 0 spiro atoms. The smallest absolute Gasteiger partial charge is 0.335 e. The molecule has 2 rings (SSSR count). The van der Waals surface area contributed by atoms with E-state index in [9.17, 15) is 4.79 Å². The molecule has 5 nitrogen and oxygen atoms in total. The first-order chi connectivity index (χ1) is 9.67. The second-order valence-corrected chi connectivity index (χ2v) is 4.26. The highest BCUT2D eigenvalue weighted by Crippen LogP contribution is 2.18. The number of imidazole rings is 1. The van der Waals surface area contributed by atoms with Crippen molar-refractivity contribution in [3.63, 3.8) is 0 Å². The molecule has 1 aromatic heterocycles. The van der Waals surface area contributed by atoms with Crippen molar-refractivity contribution in [3.8, 4) is 6.07 Å². The van der Waals surface area contributed by atoms with Gasteiger partial charge in [-0.15, -0.1) is 0 Å². The number of esters is 1. The zero-order valence-electron chi connectivity index (χ0n) is 11.3. The van der Waals surface area contributed by atoms with Crippen molar-refractivity contribution < 1.29 is 9.53 Å². The van der Waals surface area contributed by atoms with Gasteiger partial charge in [0.15, 0.2) is 0 Å². The molecule has 0 fully saturated rings. The van der Waals surface area contributed by atoms with Crippen molar-refractivity contribution in [2.24, 2.45) is 0 Å². The summed E-state index contributed by atoms with van der Waals surface area (Å²) in [5.41, 5.74) is 2.02. The number of nitrogens with zero attached hydrogens (tertiary/aromatic N) is 3. The Morgan fingerprint density at radius 2 is 2.25 bits per heavy atom. The van der Waals surface area contributed by atoms with Crippen LogP contribution in [0.2, 0.25) is 0 Å². The predicted molar refractivity (Wildman–Crippen MR) is 74.8 cm³/mol.